The molecule has 1 saturated heterocycles. The summed E-state index contributed by atoms with van der Waals surface area (Å²) in [7, 11) is 1.64. The molecule has 1 aliphatic heterocycles. The standard InChI is InChI=1S/C15H23N3O2/c1-10(16)13-11(6-5-7-12(13)20-4)18-9-8-17-14(19)15(18,2)3/h5-7,10H,8-9,16H2,1-4H3,(H,17,19). The molecule has 110 valence electrons. The second-order valence-corrected chi connectivity index (χ2v) is 5.65. The van der Waals surface area contributed by atoms with Crippen molar-refractivity contribution in [2.24, 2.45) is 5.73 Å². The summed E-state index contributed by atoms with van der Waals surface area (Å²) in [5, 5.41) is 2.91. The second kappa shape index (κ2) is 5.32. The number of nitrogens with one attached hydrogen (secondary N) is 1. The van der Waals surface area contributed by atoms with Gasteiger partial charge in [-0.25, -0.2) is 0 Å². The Kier molecular flexibility index (Phi) is 3.90. The maximum absolute atomic E-state index is 12.1. The number of amides is 1. The lowest BCUT2D eigenvalue weighted by molar-refractivity contribution is -0.126. The van der Waals surface area contributed by atoms with Crippen LogP contribution in [0, 0.1) is 0 Å². The Bertz CT molecular complexity index is 512. The van der Waals surface area contributed by atoms with Gasteiger partial charge in [0.1, 0.15) is 11.3 Å². The van der Waals surface area contributed by atoms with Gasteiger partial charge < -0.3 is 20.7 Å². The molecular weight excluding hydrogens is 254 g/mol. The highest BCUT2D eigenvalue weighted by Crippen LogP contribution is 2.37. The van der Waals surface area contributed by atoms with Crippen molar-refractivity contribution >= 4 is 11.6 Å². The number of hydrogen-bond acceptors (Lipinski definition) is 4. The molecule has 1 amide bonds. The van der Waals surface area contributed by atoms with Gasteiger partial charge in [-0.05, 0) is 32.9 Å². The molecule has 1 heterocycles. The fourth-order valence-electron chi connectivity index (χ4n) is 2.72. The van der Waals surface area contributed by atoms with Crippen LogP contribution < -0.4 is 20.7 Å². The fraction of sp³-hybridized carbons (Fsp3) is 0.533. The summed E-state index contributed by atoms with van der Waals surface area (Å²) in [5.41, 5.74) is 7.42. The molecule has 0 spiro atoms. The number of methoxy groups -OCH3 is 1. The van der Waals surface area contributed by atoms with Gasteiger partial charge in [-0.3, -0.25) is 4.79 Å². The van der Waals surface area contributed by atoms with Gasteiger partial charge in [-0.1, -0.05) is 6.07 Å². The number of carbonyl (C=O) groups is 1. The van der Waals surface area contributed by atoms with E-state index in [0.717, 1.165) is 23.5 Å². The Hall–Kier alpha value is -1.75. The number of rotatable bonds is 3. The summed E-state index contributed by atoms with van der Waals surface area (Å²) in [6.45, 7) is 7.17. The van der Waals surface area contributed by atoms with E-state index in [1.807, 2.05) is 39.0 Å². The predicted molar refractivity (Wildman–Crippen MR) is 80.0 cm³/mol. The lowest BCUT2D eigenvalue weighted by Gasteiger charge is -2.44. The second-order valence-electron chi connectivity index (χ2n) is 5.65. The Labute approximate surface area is 120 Å². The smallest absolute Gasteiger partial charge is 0.245 e. The quantitative estimate of drug-likeness (QED) is 0.877. The van der Waals surface area contributed by atoms with Gasteiger partial charge in [0.2, 0.25) is 5.91 Å². The summed E-state index contributed by atoms with van der Waals surface area (Å²) < 4.78 is 5.43. The number of benzene rings is 1. The number of hydrogen-bond donors (Lipinski definition) is 2. The largest absolute Gasteiger partial charge is 0.496 e. The molecule has 1 aromatic carbocycles. The number of nitrogens with zero attached hydrogens (tertiary/aromatic N) is 1. The first-order valence-electron chi connectivity index (χ1n) is 6.88. The van der Waals surface area contributed by atoms with Crippen LogP contribution in [0.5, 0.6) is 5.75 Å². The highest BCUT2D eigenvalue weighted by Gasteiger charge is 2.39. The summed E-state index contributed by atoms with van der Waals surface area (Å²) in [4.78, 5) is 14.2. The van der Waals surface area contributed by atoms with E-state index in [1.54, 1.807) is 7.11 Å². The van der Waals surface area contributed by atoms with Crippen molar-refractivity contribution in [3.8, 4) is 5.75 Å². The number of anilines is 1. The Morgan fingerprint density at radius 2 is 2.15 bits per heavy atom. The van der Waals surface area contributed by atoms with Gasteiger partial charge in [0.05, 0.1) is 7.11 Å². The van der Waals surface area contributed by atoms with Gasteiger partial charge in [0.25, 0.3) is 0 Å². The van der Waals surface area contributed by atoms with E-state index in [2.05, 4.69) is 10.2 Å². The topological polar surface area (TPSA) is 67.6 Å². The first-order valence-corrected chi connectivity index (χ1v) is 6.88. The van der Waals surface area contributed by atoms with Crippen LogP contribution in [0.4, 0.5) is 5.69 Å². The SMILES string of the molecule is COc1cccc(N2CCNC(=O)C2(C)C)c1C(C)N. The molecular formula is C15H23N3O2. The molecule has 20 heavy (non-hydrogen) atoms. The molecule has 0 saturated carbocycles. The first kappa shape index (κ1) is 14.7. The number of nitrogens with two attached hydrogens (primary N) is 1. The molecule has 1 unspecified atom stereocenters. The highest BCUT2D eigenvalue weighted by atomic mass is 16.5. The van der Waals surface area contributed by atoms with Crippen molar-refractivity contribution in [1.82, 2.24) is 5.32 Å². The van der Waals surface area contributed by atoms with Crippen LogP contribution in [0.25, 0.3) is 0 Å². The monoisotopic (exact) mass is 277 g/mol. The molecule has 1 aromatic rings. The van der Waals surface area contributed by atoms with Crippen LogP contribution in [0.2, 0.25) is 0 Å². The number of carbonyl (C=O) groups excluding carboxylic acids is 1. The molecule has 0 radical (unpaired) electrons. The van der Waals surface area contributed by atoms with Gasteiger partial charge >= 0.3 is 0 Å². The average molecular weight is 277 g/mol. The molecule has 0 aromatic heterocycles. The van der Waals surface area contributed by atoms with Crippen molar-refractivity contribution in [2.75, 3.05) is 25.1 Å². The van der Waals surface area contributed by atoms with Crippen molar-refractivity contribution < 1.29 is 9.53 Å². The normalized spacial score (nSPS) is 19.4. The van der Waals surface area contributed by atoms with Crippen LogP contribution in [0.3, 0.4) is 0 Å². The zero-order chi connectivity index (χ0) is 14.9. The van der Waals surface area contributed by atoms with Crippen molar-refractivity contribution in [2.45, 2.75) is 32.4 Å². The van der Waals surface area contributed by atoms with Crippen LogP contribution >= 0.6 is 0 Å². The maximum Gasteiger partial charge on any atom is 0.245 e. The summed E-state index contributed by atoms with van der Waals surface area (Å²) in [5.74, 6) is 0.793. The van der Waals surface area contributed by atoms with E-state index in [-0.39, 0.29) is 11.9 Å². The van der Waals surface area contributed by atoms with Gasteiger partial charge in [0, 0.05) is 30.4 Å². The van der Waals surface area contributed by atoms with Crippen molar-refractivity contribution in [1.29, 1.82) is 0 Å². The van der Waals surface area contributed by atoms with Crippen LogP contribution in [-0.4, -0.2) is 31.6 Å². The van der Waals surface area contributed by atoms with E-state index in [9.17, 15) is 4.79 Å². The zero-order valence-electron chi connectivity index (χ0n) is 12.6. The van der Waals surface area contributed by atoms with E-state index in [1.165, 1.54) is 0 Å². The van der Waals surface area contributed by atoms with Gasteiger partial charge in [-0.2, -0.15) is 0 Å². The Balaban J connectivity index is 2.54. The lowest BCUT2D eigenvalue weighted by atomic mass is 9.95. The molecule has 5 heteroatoms. The molecule has 1 atom stereocenters. The Morgan fingerprint density at radius 1 is 1.45 bits per heavy atom. The third-order valence-corrected chi connectivity index (χ3v) is 3.86. The first-order chi connectivity index (χ1) is 9.39. The zero-order valence-corrected chi connectivity index (χ0v) is 12.6. The fourth-order valence-corrected chi connectivity index (χ4v) is 2.72. The third kappa shape index (κ3) is 2.33. The molecule has 2 rings (SSSR count). The van der Waals surface area contributed by atoms with E-state index in [0.29, 0.717) is 6.54 Å². The molecule has 0 bridgehead atoms. The van der Waals surface area contributed by atoms with Crippen LogP contribution in [0.15, 0.2) is 18.2 Å². The maximum atomic E-state index is 12.1. The third-order valence-electron chi connectivity index (χ3n) is 3.86. The minimum absolute atomic E-state index is 0.0298. The average Bonchev–Trinajstić information content (AvgIpc) is 2.40. The van der Waals surface area contributed by atoms with Gasteiger partial charge in [-0.15, -0.1) is 0 Å². The van der Waals surface area contributed by atoms with E-state index < -0.39 is 5.54 Å². The number of piperazine rings is 1. The van der Waals surface area contributed by atoms with E-state index in [4.69, 9.17) is 10.5 Å². The Morgan fingerprint density at radius 3 is 2.75 bits per heavy atom. The molecule has 5 nitrogen and oxygen atoms in total. The molecule has 3 N–H and O–H groups in total. The molecule has 1 fully saturated rings. The molecule has 0 aliphatic carbocycles. The number of ether oxygens (including phenoxy) is 1. The highest BCUT2D eigenvalue weighted by molar-refractivity contribution is 5.91. The summed E-state index contributed by atoms with van der Waals surface area (Å²) in [6.07, 6.45) is 0. The summed E-state index contributed by atoms with van der Waals surface area (Å²) in [6, 6.07) is 5.67. The van der Waals surface area contributed by atoms with Crippen LogP contribution in [0.1, 0.15) is 32.4 Å². The lowest BCUT2D eigenvalue weighted by Crippen LogP contribution is -2.62. The predicted octanol–water partition coefficient (Wildman–Crippen LogP) is 1.43. The van der Waals surface area contributed by atoms with Crippen molar-refractivity contribution in [3.63, 3.8) is 0 Å². The minimum atomic E-state index is -0.603. The minimum Gasteiger partial charge on any atom is -0.496 e. The summed E-state index contributed by atoms with van der Waals surface area (Å²) >= 11 is 0. The molecule has 1 aliphatic rings. The van der Waals surface area contributed by atoms with E-state index >= 15 is 0 Å². The van der Waals surface area contributed by atoms with Gasteiger partial charge in [0.15, 0.2) is 0 Å². The van der Waals surface area contributed by atoms with Crippen LogP contribution in [-0.2, 0) is 4.79 Å². The van der Waals surface area contributed by atoms with Crippen molar-refractivity contribution in [3.05, 3.63) is 23.8 Å².